The predicted molar refractivity (Wildman–Crippen MR) is 151 cm³/mol. The van der Waals surface area contributed by atoms with Gasteiger partial charge in [0.1, 0.15) is 16.6 Å². The van der Waals surface area contributed by atoms with Crippen LogP contribution in [0.3, 0.4) is 0 Å². The third-order valence-electron chi connectivity index (χ3n) is 5.99. The number of para-hydroxylation sites is 1. The molecule has 190 valence electrons. The molecule has 0 saturated carbocycles. The summed E-state index contributed by atoms with van der Waals surface area (Å²) >= 11 is 1.07. The zero-order valence-electron chi connectivity index (χ0n) is 20.4. The molecule has 5 aromatic rings. The van der Waals surface area contributed by atoms with Crippen LogP contribution in [-0.4, -0.2) is 14.3 Å². The summed E-state index contributed by atoms with van der Waals surface area (Å²) in [7, 11) is -3.88. The highest BCUT2D eigenvalue weighted by molar-refractivity contribution is 7.92. The monoisotopic (exact) mass is 539 g/mol. The molecule has 5 rings (SSSR count). The molecule has 1 heterocycles. The van der Waals surface area contributed by atoms with Crippen molar-refractivity contribution >= 4 is 27.3 Å². The van der Waals surface area contributed by atoms with E-state index < -0.39 is 15.9 Å². The maximum atomic E-state index is 12.7. The molecule has 5 nitrogen and oxygen atoms in total. The zero-order chi connectivity index (χ0) is 26.4. The molecule has 1 amide bonds. The molecule has 0 spiro atoms. The zero-order valence-corrected chi connectivity index (χ0v) is 22.0. The Bertz CT molecular complexity index is 1650. The molecule has 0 aliphatic heterocycles. The lowest BCUT2D eigenvalue weighted by Gasteiger charge is -2.14. The molecular formula is C31H25NO4S2. The summed E-state index contributed by atoms with van der Waals surface area (Å²) in [6.07, 6.45) is -0.0677. The lowest BCUT2D eigenvalue weighted by atomic mass is 9.94. The molecule has 0 aliphatic rings. The van der Waals surface area contributed by atoms with Gasteiger partial charge >= 0.3 is 0 Å². The molecule has 0 radical (unpaired) electrons. The van der Waals surface area contributed by atoms with Crippen LogP contribution in [0, 0.1) is 0 Å². The third-order valence-corrected chi connectivity index (χ3v) is 8.76. The van der Waals surface area contributed by atoms with E-state index >= 15 is 0 Å². The van der Waals surface area contributed by atoms with Crippen LogP contribution in [0.25, 0.3) is 22.3 Å². The Morgan fingerprint density at radius 2 is 1.42 bits per heavy atom. The first-order valence-electron chi connectivity index (χ1n) is 12.0. The highest BCUT2D eigenvalue weighted by atomic mass is 32.2. The summed E-state index contributed by atoms with van der Waals surface area (Å²) in [5.74, 6) is 0.196. The fraction of sp³-hybridized carbons (Fsp3) is 0.0645. The number of rotatable bonds is 9. The van der Waals surface area contributed by atoms with Gasteiger partial charge in [-0.1, -0.05) is 97.1 Å². The SMILES string of the molecule is O=C(Cc1ccccc1-c1cccc(-c2ccccc2OCc2ccccc2)c1)NS(=O)(=O)c1cccs1. The maximum absolute atomic E-state index is 12.7. The second-order valence-electron chi connectivity index (χ2n) is 8.65. The molecule has 0 fully saturated rings. The summed E-state index contributed by atoms with van der Waals surface area (Å²) in [5, 5.41) is 1.66. The molecule has 4 aromatic carbocycles. The van der Waals surface area contributed by atoms with Crippen molar-refractivity contribution in [3.05, 3.63) is 132 Å². The quantitative estimate of drug-likeness (QED) is 0.226. The van der Waals surface area contributed by atoms with Gasteiger partial charge in [0.2, 0.25) is 5.91 Å². The predicted octanol–water partition coefficient (Wildman–Crippen LogP) is 6.71. The van der Waals surface area contributed by atoms with E-state index in [4.69, 9.17) is 4.74 Å². The molecule has 7 heteroatoms. The minimum absolute atomic E-state index is 0.0677. The number of amides is 1. The Morgan fingerprint density at radius 1 is 0.737 bits per heavy atom. The van der Waals surface area contributed by atoms with Gasteiger partial charge in [0.05, 0.1) is 6.42 Å². The summed E-state index contributed by atoms with van der Waals surface area (Å²) < 4.78 is 33.4. The minimum atomic E-state index is -3.88. The molecule has 1 aromatic heterocycles. The molecule has 38 heavy (non-hydrogen) atoms. The smallest absolute Gasteiger partial charge is 0.273 e. The summed E-state index contributed by atoms with van der Waals surface area (Å²) in [5.41, 5.74) is 5.54. The first-order chi connectivity index (χ1) is 18.5. The number of ether oxygens (including phenoxy) is 1. The van der Waals surface area contributed by atoms with E-state index in [0.29, 0.717) is 6.61 Å². The summed E-state index contributed by atoms with van der Waals surface area (Å²) in [6, 6.07) is 36.6. The fourth-order valence-electron chi connectivity index (χ4n) is 4.20. The Kier molecular flexibility index (Phi) is 7.67. The molecular weight excluding hydrogens is 514 g/mol. The van der Waals surface area contributed by atoms with Crippen molar-refractivity contribution < 1.29 is 17.9 Å². The largest absolute Gasteiger partial charge is 0.488 e. The minimum Gasteiger partial charge on any atom is -0.488 e. The first-order valence-corrected chi connectivity index (χ1v) is 14.4. The Labute approximate surface area is 226 Å². The second kappa shape index (κ2) is 11.5. The molecule has 0 unspecified atom stereocenters. The van der Waals surface area contributed by atoms with Crippen LogP contribution < -0.4 is 9.46 Å². The lowest BCUT2D eigenvalue weighted by Crippen LogP contribution is -2.31. The normalized spacial score (nSPS) is 11.2. The van der Waals surface area contributed by atoms with Gasteiger partial charge in [-0.05, 0) is 51.4 Å². The first kappa shape index (κ1) is 25.4. The summed E-state index contributed by atoms with van der Waals surface area (Å²) in [4.78, 5) is 12.7. The number of hydrogen-bond donors (Lipinski definition) is 1. The van der Waals surface area contributed by atoms with Gasteiger partial charge in [0, 0.05) is 5.56 Å². The van der Waals surface area contributed by atoms with Gasteiger partial charge in [-0.15, -0.1) is 11.3 Å². The van der Waals surface area contributed by atoms with Crippen molar-refractivity contribution in [3.8, 4) is 28.0 Å². The van der Waals surface area contributed by atoms with Crippen LogP contribution in [0.1, 0.15) is 11.1 Å². The van der Waals surface area contributed by atoms with E-state index in [1.54, 1.807) is 11.4 Å². The Hall–Kier alpha value is -4.20. The van der Waals surface area contributed by atoms with E-state index in [2.05, 4.69) is 10.8 Å². The average Bonchev–Trinajstić information content (AvgIpc) is 3.49. The topological polar surface area (TPSA) is 72.5 Å². The third kappa shape index (κ3) is 6.02. The number of carbonyl (C=O) groups is 1. The van der Waals surface area contributed by atoms with Gasteiger partial charge in [-0.3, -0.25) is 4.79 Å². The van der Waals surface area contributed by atoms with E-state index in [1.807, 2.05) is 97.1 Å². The van der Waals surface area contributed by atoms with Gasteiger partial charge in [-0.2, -0.15) is 0 Å². The van der Waals surface area contributed by atoms with Crippen LogP contribution in [0.15, 0.2) is 125 Å². The molecule has 1 N–H and O–H groups in total. The van der Waals surface area contributed by atoms with E-state index in [-0.39, 0.29) is 10.6 Å². The lowest BCUT2D eigenvalue weighted by molar-refractivity contribution is -0.118. The standard InChI is InChI=1S/C31H25NO4S2/c33-30(32-38(34,35)31-18-9-19-37-31)21-26-12-4-5-15-27(26)24-13-8-14-25(20-24)28-16-6-7-17-29(28)36-22-23-10-2-1-3-11-23/h1-20H,21-22H2,(H,32,33). The van der Waals surface area contributed by atoms with Gasteiger partial charge in [0.15, 0.2) is 0 Å². The van der Waals surface area contributed by atoms with E-state index in [0.717, 1.165) is 50.5 Å². The summed E-state index contributed by atoms with van der Waals surface area (Å²) in [6.45, 7) is 0.462. The number of thiophene rings is 1. The Balaban J connectivity index is 1.39. The fourth-order valence-corrected chi connectivity index (χ4v) is 6.18. The van der Waals surface area contributed by atoms with Crippen molar-refractivity contribution in [2.75, 3.05) is 0 Å². The van der Waals surface area contributed by atoms with Gasteiger partial charge in [-0.25, -0.2) is 13.1 Å². The highest BCUT2D eigenvalue weighted by Crippen LogP contribution is 2.34. The highest BCUT2D eigenvalue weighted by Gasteiger charge is 2.20. The number of carbonyl (C=O) groups excluding carboxylic acids is 1. The van der Waals surface area contributed by atoms with Gasteiger partial charge in [0.25, 0.3) is 10.0 Å². The van der Waals surface area contributed by atoms with E-state index in [9.17, 15) is 13.2 Å². The average molecular weight is 540 g/mol. The van der Waals surface area contributed by atoms with Crippen molar-refractivity contribution in [2.45, 2.75) is 17.2 Å². The number of sulfonamides is 1. The number of benzene rings is 4. The molecule has 0 bridgehead atoms. The van der Waals surface area contributed by atoms with Gasteiger partial charge < -0.3 is 4.74 Å². The molecule has 0 aliphatic carbocycles. The number of hydrogen-bond acceptors (Lipinski definition) is 5. The van der Waals surface area contributed by atoms with E-state index in [1.165, 1.54) is 6.07 Å². The van der Waals surface area contributed by atoms with Crippen LogP contribution in [0.2, 0.25) is 0 Å². The van der Waals surface area contributed by atoms with Crippen molar-refractivity contribution in [1.29, 1.82) is 0 Å². The van der Waals surface area contributed by atoms with Crippen molar-refractivity contribution in [3.63, 3.8) is 0 Å². The second-order valence-corrected chi connectivity index (χ2v) is 11.5. The molecule has 0 saturated heterocycles. The van der Waals surface area contributed by atoms with Crippen LogP contribution in [0.4, 0.5) is 0 Å². The number of nitrogens with one attached hydrogen (secondary N) is 1. The van der Waals surface area contributed by atoms with Crippen molar-refractivity contribution in [2.24, 2.45) is 0 Å². The van der Waals surface area contributed by atoms with Crippen LogP contribution in [0.5, 0.6) is 5.75 Å². The Morgan fingerprint density at radius 3 is 2.18 bits per heavy atom. The maximum Gasteiger partial charge on any atom is 0.273 e. The van der Waals surface area contributed by atoms with Crippen LogP contribution in [-0.2, 0) is 27.8 Å². The van der Waals surface area contributed by atoms with Crippen LogP contribution >= 0.6 is 11.3 Å². The molecule has 0 atom stereocenters. The van der Waals surface area contributed by atoms with Crippen molar-refractivity contribution in [1.82, 2.24) is 4.72 Å².